The molecule has 0 amide bonds. The molecule has 5 nitrogen and oxygen atoms in total. The number of esters is 1. The highest BCUT2D eigenvalue weighted by Crippen LogP contribution is 2.44. The lowest BCUT2D eigenvalue weighted by Gasteiger charge is -2.32. The maximum atomic E-state index is 11.8. The molecule has 1 unspecified atom stereocenters. The summed E-state index contributed by atoms with van der Waals surface area (Å²) in [6.07, 6.45) is 0.0529. The molecular weight excluding hydrogens is 363 g/mol. The summed E-state index contributed by atoms with van der Waals surface area (Å²) in [5, 5.41) is 10.4. The fraction of sp³-hybridized carbons (Fsp3) is 0.562. The molecule has 1 atom stereocenters. The largest absolute Gasteiger partial charge is 0.506 e. The van der Waals surface area contributed by atoms with Crippen LogP contribution in [0.1, 0.15) is 45.5 Å². The molecule has 0 aromatic heterocycles. The summed E-state index contributed by atoms with van der Waals surface area (Å²) in [6.45, 7) is 7.79. The first-order valence-electron chi connectivity index (χ1n) is 7.49. The van der Waals surface area contributed by atoms with Gasteiger partial charge in [-0.2, -0.15) is 0 Å². The lowest BCUT2D eigenvalue weighted by Crippen LogP contribution is -2.41. The van der Waals surface area contributed by atoms with Crippen molar-refractivity contribution < 1.29 is 23.9 Å². The monoisotopic (exact) mass is 384 g/mol. The van der Waals surface area contributed by atoms with Crippen LogP contribution in [0.2, 0.25) is 0 Å². The molecule has 1 heterocycles. The number of halogens is 1. The van der Waals surface area contributed by atoms with Gasteiger partial charge in [0.1, 0.15) is 5.75 Å². The Balaban J connectivity index is 2.40. The highest BCUT2D eigenvalue weighted by Gasteiger charge is 2.54. The Labute approximate surface area is 145 Å². The minimum absolute atomic E-state index is 0.0529. The molecule has 0 bridgehead atoms. The fourth-order valence-electron chi connectivity index (χ4n) is 2.50. The summed E-state index contributed by atoms with van der Waals surface area (Å²) in [7, 11) is 0.684. The molecule has 1 aromatic rings. The molecule has 1 aliphatic heterocycles. The Morgan fingerprint density at radius 1 is 1.30 bits per heavy atom. The summed E-state index contributed by atoms with van der Waals surface area (Å²) >= 11 is 3.30. The van der Waals surface area contributed by atoms with Gasteiger partial charge in [0.05, 0.1) is 29.2 Å². The van der Waals surface area contributed by atoms with E-state index in [2.05, 4.69) is 15.9 Å². The van der Waals surface area contributed by atoms with Crippen LogP contribution in [0.15, 0.2) is 22.7 Å². The van der Waals surface area contributed by atoms with Gasteiger partial charge < -0.3 is 19.2 Å². The van der Waals surface area contributed by atoms with Gasteiger partial charge in [-0.25, -0.2) is 0 Å². The van der Waals surface area contributed by atoms with E-state index in [1.54, 1.807) is 18.2 Å². The first-order chi connectivity index (χ1) is 10.6. The zero-order valence-corrected chi connectivity index (χ0v) is 15.6. The van der Waals surface area contributed by atoms with E-state index in [0.29, 0.717) is 10.0 Å². The van der Waals surface area contributed by atoms with E-state index < -0.39 is 24.1 Å². The molecule has 1 saturated heterocycles. The van der Waals surface area contributed by atoms with Crippen molar-refractivity contribution in [3.05, 3.63) is 28.2 Å². The van der Waals surface area contributed by atoms with Gasteiger partial charge in [-0.3, -0.25) is 4.79 Å². The van der Waals surface area contributed by atoms with E-state index >= 15 is 0 Å². The van der Waals surface area contributed by atoms with E-state index in [1.165, 1.54) is 7.11 Å². The van der Waals surface area contributed by atoms with Gasteiger partial charge in [-0.05, 0) is 55.3 Å². The van der Waals surface area contributed by atoms with Crippen LogP contribution in [0.25, 0.3) is 0 Å². The van der Waals surface area contributed by atoms with Crippen molar-refractivity contribution in [3.8, 4) is 5.75 Å². The molecule has 7 heteroatoms. The first kappa shape index (κ1) is 18.3. The fourth-order valence-corrected chi connectivity index (χ4v) is 2.88. The summed E-state index contributed by atoms with van der Waals surface area (Å²) in [5.41, 5.74) is -0.454. The molecule has 1 aromatic carbocycles. The average Bonchev–Trinajstić information content (AvgIpc) is 2.67. The molecule has 2 rings (SSSR count). The topological polar surface area (TPSA) is 65.0 Å². The van der Waals surface area contributed by atoms with Crippen molar-refractivity contribution in [1.29, 1.82) is 0 Å². The van der Waals surface area contributed by atoms with Crippen LogP contribution < -0.4 is 0 Å². The Morgan fingerprint density at radius 3 is 2.39 bits per heavy atom. The second kappa shape index (κ2) is 6.45. The van der Waals surface area contributed by atoms with Gasteiger partial charge in [-0.1, -0.05) is 12.1 Å². The zero-order chi connectivity index (χ0) is 17.4. The third kappa shape index (κ3) is 3.57. The van der Waals surface area contributed by atoms with E-state index in [1.807, 2.05) is 27.7 Å². The smallest absolute Gasteiger partial charge is 0.466 e. The van der Waals surface area contributed by atoms with Crippen LogP contribution in [0.4, 0.5) is 0 Å². The van der Waals surface area contributed by atoms with Gasteiger partial charge in [0.25, 0.3) is 0 Å². The number of benzene rings is 1. The standard InChI is InChI=1S/C16H22BBrO5/c1-15(2)16(3,4)23-17(22-15)11(9-13(19)21-5)10-7-6-8-12(18)14(10)20/h6-8,11,20H,9H2,1-5H3. The van der Waals surface area contributed by atoms with Crippen molar-refractivity contribution in [2.24, 2.45) is 0 Å². The lowest BCUT2D eigenvalue weighted by atomic mass is 9.66. The summed E-state index contributed by atoms with van der Waals surface area (Å²) in [4.78, 5) is 11.8. The molecule has 126 valence electrons. The van der Waals surface area contributed by atoms with Crippen LogP contribution in [-0.4, -0.2) is 36.5 Å². The molecule has 1 aliphatic rings. The summed E-state index contributed by atoms with van der Waals surface area (Å²) < 4.78 is 17.5. The van der Waals surface area contributed by atoms with Gasteiger partial charge in [0.15, 0.2) is 0 Å². The van der Waals surface area contributed by atoms with Gasteiger partial charge >= 0.3 is 13.1 Å². The Kier molecular flexibility index (Phi) is 5.13. The highest BCUT2D eigenvalue weighted by atomic mass is 79.9. The number of para-hydroxylation sites is 1. The number of ether oxygens (including phenoxy) is 1. The third-order valence-corrected chi connectivity index (χ3v) is 5.27. The normalized spacial score (nSPS) is 20.3. The second-order valence-corrected chi connectivity index (χ2v) is 7.54. The minimum atomic E-state index is -0.653. The second-order valence-electron chi connectivity index (χ2n) is 6.69. The van der Waals surface area contributed by atoms with E-state index in [-0.39, 0.29) is 18.1 Å². The summed E-state index contributed by atoms with van der Waals surface area (Å²) in [5.74, 6) is -0.777. The average molecular weight is 385 g/mol. The molecule has 0 spiro atoms. The maximum Gasteiger partial charge on any atom is 0.466 e. The van der Waals surface area contributed by atoms with E-state index in [9.17, 15) is 9.90 Å². The maximum absolute atomic E-state index is 11.8. The number of carbonyl (C=O) groups is 1. The van der Waals surface area contributed by atoms with Crippen molar-refractivity contribution in [3.63, 3.8) is 0 Å². The Bertz CT molecular complexity index is 586. The van der Waals surface area contributed by atoms with Crippen molar-refractivity contribution in [1.82, 2.24) is 0 Å². The van der Waals surface area contributed by atoms with E-state index in [0.717, 1.165) is 0 Å². The number of phenols is 1. The molecule has 0 aliphatic carbocycles. The van der Waals surface area contributed by atoms with Crippen LogP contribution in [0.3, 0.4) is 0 Å². The van der Waals surface area contributed by atoms with Crippen LogP contribution in [0, 0.1) is 0 Å². The SMILES string of the molecule is COC(=O)CC(B1OC(C)(C)C(C)(C)O1)c1cccc(Br)c1O. The van der Waals surface area contributed by atoms with Crippen molar-refractivity contribution in [2.75, 3.05) is 7.11 Å². The number of methoxy groups -OCH3 is 1. The Morgan fingerprint density at radius 2 is 1.87 bits per heavy atom. The molecular formula is C16H22BBrO5. The first-order valence-corrected chi connectivity index (χ1v) is 8.28. The zero-order valence-electron chi connectivity index (χ0n) is 14.1. The number of rotatable bonds is 4. The molecule has 0 saturated carbocycles. The van der Waals surface area contributed by atoms with Gasteiger partial charge in [-0.15, -0.1) is 0 Å². The molecule has 23 heavy (non-hydrogen) atoms. The third-order valence-electron chi connectivity index (χ3n) is 4.63. The van der Waals surface area contributed by atoms with Crippen molar-refractivity contribution >= 4 is 29.0 Å². The number of hydrogen-bond acceptors (Lipinski definition) is 5. The van der Waals surface area contributed by atoms with Crippen molar-refractivity contribution in [2.45, 2.75) is 51.1 Å². The highest BCUT2D eigenvalue weighted by molar-refractivity contribution is 9.10. The number of phenolic OH excluding ortho intramolecular Hbond substituents is 1. The van der Waals surface area contributed by atoms with Gasteiger partial charge in [0.2, 0.25) is 0 Å². The van der Waals surface area contributed by atoms with E-state index in [4.69, 9.17) is 14.0 Å². The van der Waals surface area contributed by atoms with Crippen LogP contribution in [0.5, 0.6) is 5.75 Å². The quantitative estimate of drug-likeness (QED) is 0.636. The number of aromatic hydroxyl groups is 1. The van der Waals surface area contributed by atoms with Crippen LogP contribution >= 0.6 is 15.9 Å². The van der Waals surface area contributed by atoms with Crippen LogP contribution in [-0.2, 0) is 18.8 Å². The molecule has 0 radical (unpaired) electrons. The Hall–Kier alpha value is -1.05. The summed E-state index contributed by atoms with van der Waals surface area (Å²) in [6, 6.07) is 5.30. The number of carbonyl (C=O) groups excluding carboxylic acids is 1. The lowest BCUT2D eigenvalue weighted by molar-refractivity contribution is -0.140. The molecule has 1 fully saturated rings. The predicted molar refractivity (Wildman–Crippen MR) is 91.3 cm³/mol. The van der Waals surface area contributed by atoms with Gasteiger partial charge in [0, 0.05) is 5.82 Å². The number of hydrogen-bond donors (Lipinski definition) is 1. The minimum Gasteiger partial charge on any atom is -0.506 e. The predicted octanol–water partition coefficient (Wildman–Crippen LogP) is 3.43. The molecule has 1 N–H and O–H groups in total.